The van der Waals surface area contributed by atoms with Crippen molar-refractivity contribution in [3.05, 3.63) is 33.0 Å². The van der Waals surface area contributed by atoms with E-state index in [9.17, 15) is 9.59 Å². The molecule has 1 amide bonds. The number of amides is 1. The number of aromatic nitrogens is 1. The van der Waals surface area contributed by atoms with E-state index in [-0.39, 0.29) is 16.7 Å². The van der Waals surface area contributed by atoms with Crippen molar-refractivity contribution in [3.63, 3.8) is 0 Å². The fraction of sp³-hybridized carbons (Fsp3) is 0.250. The number of carbonyl (C=O) groups is 2. The van der Waals surface area contributed by atoms with Crippen LogP contribution in [-0.4, -0.2) is 22.0 Å². The lowest BCUT2D eigenvalue weighted by molar-refractivity contribution is 0.0700. The maximum Gasteiger partial charge on any atom is 0.347 e. The van der Waals surface area contributed by atoms with Gasteiger partial charge >= 0.3 is 5.97 Å². The number of thiazole rings is 1. The third kappa shape index (κ3) is 2.52. The molecule has 0 atom stereocenters. The second kappa shape index (κ2) is 4.75. The van der Waals surface area contributed by atoms with Gasteiger partial charge in [-0.1, -0.05) is 17.4 Å². The fourth-order valence-corrected chi connectivity index (χ4v) is 3.24. The number of carboxylic acid groups (broad SMARTS) is 1. The van der Waals surface area contributed by atoms with Crippen LogP contribution in [-0.2, 0) is 0 Å². The molecule has 1 aliphatic carbocycles. The van der Waals surface area contributed by atoms with Crippen molar-refractivity contribution in [2.24, 2.45) is 0 Å². The Morgan fingerprint density at radius 2 is 2.21 bits per heavy atom. The fourth-order valence-electron chi connectivity index (χ4n) is 1.74. The summed E-state index contributed by atoms with van der Waals surface area (Å²) < 4.78 is 0. The van der Waals surface area contributed by atoms with Crippen molar-refractivity contribution in [2.75, 3.05) is 5.32 Å². The number of carboxylic acids is 1. The van der Waals surface area contributed by atoms with Crippen LogP contribution in [0.4, 0.5) is 5.13 Å². The first-order chi connectivity index (χ1) is 9.15. The second-order valence-electron chi connectivity index (χ2n) is 4.24. The third-order valence-corrected chi connectivity index (χ3v) is 4.62. The zero-order valence-electron chi connectivity index (χ0n) is 9.75. The summed E-state index contributed by atoms with van der Waals surface area (Å²) in [5.41, 5.74) is 0.610. The molecule has 2 aromatic rings. The molecular formula is C12H10N2O3S2. The van der Waals surface area contributed by atoms with E-state index in [1.807, 2.05) is 5.38 Å². The molecule has 3 rings (SSSR count). The van der Waals surface area contributed by atoms with Crippen LogP contribution in [0.1, 0.15) is 43.8 Å². The minimum Gasteiger partial charge on any atom is -0.477 e. The first kappa shape index (κ1) is 12.3. The number of aromatic carboxylic acids is 1. The van der Waals surface area contributed by atoms with Crippen molar-refractivity contribution in [1.29, 1.82) is 0 Å². The molecule has 0 bridgehead atoms. The predicted molar refractivity (Wildman–Crippen MR) is 73.3 cm³/mol. The average molecular weight is 294 g/mol. The second-order valence-corrected chi connectivity index (χ2v) is 6.19. The van der Waals surface area contributed by atoms with Crippen molar-refractivity contribution in [1.82, 2.24) is 4.98 Å². The van der Waals surface area contributed by atoms with Gasteiger partial charge in [0, 0.05) is 5.92 Å². The van der Waals surface area contributed by atoms with Gasteiger partial charge in [0.2, 0.25) is 0 Å². The Bertz CT molecular complexity index is 629. The molecule has 1 saturated carbocycles. The summed E-state index contributed by atoms with van der Waals surface area (Å²) in [5.74, 6) is -0.978. The third-order valence-electron chi connectivity index (χ3n) is 2.78. The highest BCUT2D eigenvalue weighted by molar-refractivity contribution is 7.18. The number of nitrogens with one attached hydrogen (secondary N) is 1. The van der Waals surface area contributed by atoms with E-state index in [1.54, 1.807) is 12.1 Å². The van der Waals surface area contributed by atoms with Gasteiger partial charge in [0.25, 0.3) is 5.91 Å². The predicted octanol–water partition coefficient (Wildman–Crippen LogP) is 3.03. The molecule has 1 fully saturated rings. The maximum atomic E-state index is 11.9. The van der Waals surface area contributed by atoms with Crippen molar-refractivity contribution < 1.29 is 14.7 Å². The number of rotatable bonds is 4. The minimum absolute atomic E-state index is 0.240. The van der Waals surface area contributed by atoms with E-state index in [4.69, 9.17) is 5.11 Å². The first-order valence-corrected chi connectivity index (χ1v) is 7.43. The Morgan fingerprint density at radius 1 is 1.42 bits per heavy atom. The van der Waals surface area contributed by atoms with Gasteiger partial charge in [-0.2, -0.15) is 0 Å². The lowest BCUT2D eigenvalue weighted by atomic mass is 10.2. The Morgan fingerprint density at radius 3 is 2.79 bits per heavy atom. The summed E-state index contributed by atoms with van der Waals surface area (Å²) in [4.78, 5) is 28.1. The van der Waals surface area contributed by atoms with Crippen LogP contribution in [0.3, 0.4) is 0 Å². The van der Waals surface area contributed by atoms with Gasteiger partial charge in [0.15, 0.2) is 5.13 Å². The summed E-state index contributed by atoms with van der Waals surface area (Å²) in [5, 5.41) is 14.0. The monoisotopic (exact) mass is 294 g/mol. The number of thiophene rings is 1. The summed E-state index contributed by atoms with van der Waals surface area (Å²) >= 11 is 2.36. The van der Waals surface area contributed by atoms with Gasteiger partial charge in [-0.25, -0.2) is 9.78 Å². The van der Waals surface area contributed by atoms with Gasteiger partial charge in [-0.3, -0.25) is 10.1 Å². The molecule has 0 radical (unpaired) electrons. The van der Waals surface area contributed by atoms with Crippen LogP contribution in [0, 0.1) is 0 Å². The molecule has 0 unspecified atom stereocenters. The van der Waals surface area contributed by atoms with Gasteiger partial charge in [-0.15, -0.1) is 11.3 Å². The largest absolute Gasteiger partial charge is 0.477 e. The highest BCUT2D eigenvalue weighted by Crippen LogP contribution is 2.43. The molecule has 2 N–H and O–H groups in total. The highest BCUT2D eigenvalue weighted by Gasteiger charge is 2.32. The van der Waals surface area contributed by atoms with E-state index in [0.29, 0.717) is 15.7 Å². The molecule has 98 valence electrons. The summed E-state index contributed by atoms with van der Waals surface area (Å²) in [7, 11) is 0. The van der Waals surface area contributed by atoms with Gasteiger partial charge in [0.1, 0.15) is 4.88 Å². The first-order valence-electron chi connectivity index (χ1n) is 5.74. The van der Waals surface area contributed by atoms with E-state index >= 15 is 0 Å². The number of hydrogen-bond acceptors (Lipinski definition) is 5. The maximum absolute atomic E-state index is 11.9. The molecule has 7 heteroatoms. The quantitative estimate of drug-likeness (QED) is 0.908. The molecule has 2 heterocycles. The van der Waals surface area contributed by atoms with E-state index in [0.717, 1.165) is 24.2 Å². The van der Waals surface area contributed by atoms with Crippen molar-refractivity contribution in [3.8, 4) is 0 Å². The topological polar surface area (TPSA) is 79.3 Å². The van der Waals surface area contributed by atoms with Gasteiger partial charge in [-0.05, 0) is 24.3 Å². The van der Waals surface area contributed by atoms with E-state index in [1.165, 1.54) is 11.3 Å². The average Bonchev–Trinajstić information content (AvgIpc) is 2.92. The molecule has 5 nitrogen and oxygen atoms in total. The van der Waals surface area contributed by atoms with Crippen molar-refractivity contribution in [2.45, 2.75) is 18.8 Å². The number of nitrogens with zero attached hydrogens (tertiary/aromatic N) is 1. The molecule has 2 aromatic heterocycles. The van der Waals surface area contributed by atoms with Gasteiger partial charge < -0.3 is 5.11 Å². The lowest BCUT2D eigenvalue weighted by Crippen LogP contribution is -2.09. The Hall–Kier alpha value is -1.73. The summed E-state index contributed by atoms with van der Waals surface area (Å²) in [6.07, 6.45) is 1.95. The van der Waals surface area contributed by atoms with Gasteiger partial charge in [0.05, 0.1) is 10.6 Å². The molecule has 0 aromatic carbocycles. The molecule has 0 aliphatic heterocycles. The molecule has 1 aliphatic rings. The minimum atomic E-state index is -0.976. The Kier molecular flexibility index (Phi) is 3.08. The Labute approximate surface area is 116 Å². The van der Waals surface area contributed by atoms with Crippen LogP contribution in [0.5, 0.6) is 0 Å². The van der Waals surface area contributed by atoms with E-state index < -0.39 is 5.97 Å². The van der Waals surface area contributed by atoms with Crippen molar-refractivity contribution >= 4 is 39.7 Å². The highest BCUT2D eigenvalue weighted by atomic mass is 32.1. The van der Waals surface area contributed by atoms with E-state index in [2.05, 4.69) is 10.3 Å². The molecule has 0 spiro atoms. The lowest BCUT2D eigenvalue weighted by Gasteiger charge is -1.97. The number of carbonyl (C=O) groups excluding carboxylic acids is 1. The zero-order valence-corrected chi connectivity index (χ0v) is 11.4. The standard InChI is InChI=1S/C12H10N2O3S2/c15-10(7-2-1-5-18-7)14-12-13-8(6-3-4-6)9(19-12)11(16)17/h1-2,5-6H,3-4H2,(H,16,17)(H,13,14,15). The molecule has 0 saturated heterocycles. The molecular weight excluding hydrogens is 284 g/mol. The normalized spacial score (nSPS) is 14.3. The van der Waals surface area contributed by atoms with Crippen LogP contribution in [0.2, 0.25) is 0 Å². The van der Waals surface area contributed by atoms with Crippen LogP contribution < -0.4 is 5.32 Å². The zero-order chi connectivity index (χ0) is 13.4. The molecule has 19 heavy (non-hydrogen) atoms. The summed E-state index contributed by atoms with van der Waals surface area (Å²) in [6.45, 7) is 0. The smallest absolute Gasteiger partial charge is 0.347 e. The SMILES string of the molecule is O=C(Nc1nc(C2CC2)c(C(=O)O)s1)c1cccs1. The number of anilines is 1. The number of hydrogen-bond donors (Lipinski definition) is 2. The van der Waals surface area contributed by atoms with Crippen LogP contribution in [0.15, 0.2) is 17.5 Å². The van der Waals surface area contributed by atoms with Crippen LogP contribution >= 0.6 is 22.7 Å². The summed E-state index contributed by atoms with van der Waals surface area (Å²) in [6, 6.07) is 3.51. The van der Waals surface area contributed by atoms with Crippen LogP contribution in [0.25, 0.3) is 0 Å². The Balaban J connectivity index is 1.83.